The predicted octanol–water partition coefficient (Wildman–Crippen LogP) is 2.48. The number of ether oxygens (including phenoxy) is 1. The number of carbonyl (C=O) groups excluding carboxylic acids is 1. The van der Waals surface area contributed by atoms with Crippen LogP contribution >= 0.6 is 0 Å². The third-order valence-electron chi connectivity index (χ3n) is 4.63. The van der Waals surface area contributed by atoms with Crippen molar-refractivity contribution in [2.45, 2.75) is 43.0 Å². The molecule has 0 spiro atoms. The lowest BCUT2D eigenvalue weighted by atomic mass is 10.2. The molecule has 0 radical (unpaired) electrons. The molecule has 0 atom stereocenters. The van der Waals surface area contributed by atoms with Crippen molar-refractivity contribution in [2.75, 3.05) is 13.7 Å². The summed E-state index contributed by atoms with van der Waals surface area (Å²) in [4.78, 5) is 12.4. The fourth-order valence-corrected chi connectivity index (χ4v) is 4.71. The fraction of sp³-hybridized carbons (Fsp3) is 0.421. The van der Waals surface area contributed by atoms with E-state index in [-0.39, 0.29) is 28.2 Å². The van der Waals surface area contributed by atoms with Crippen molar-refractivity contribution in [3.63, 3.8) is 0 Å². The van der Waals surface area contributed by atoms with Gasteiger partial charge in [-0.15, -0.1) is 0 Å². The molecule has 0 unspecified atom stereocenters. The van der Waals surface area contributed by atoms with E-state index in [1.165, 1.54) is 19.2 Å². The summed E-state index contributed by atoms with van der Waals surface area (Å²) in [6, 6.07) is 7.97. The minimum Gasteiger partial charge on any atom is -0.495 e. The quantitative estimate of drug-likeness (QED) is 0.719. The first-order valence-electron chi connectivity index (χ1n) is 9.00. The number of carbonyl (C=O) groups is 1. The van der Waals surface area contributed by atoms with Crippen molar-refractivity contribution >= 4 is 15.9 Å². The number of benzene rings is 1. The van der Waals surface area contributed by atoms with Crippen LogP contribution in [-0.2, 0) is 16.4 Å². The first-order chi connectivity index (χ1) is 13.0. The zero-order valence-electron chi connectivity index (χ0n) is 15.2. The topological polar surface area (TPSA) is 97.6 Å². The predicted molar refractivity (Wildman–Crippen MR) is 100 cm³/mol. The zero-order valence-corrected chi connectivity index (χ0v) is 16.1. The van der Waals surface area contributed by atoms with Gasteiger partial charge in [0.25, 0.3) is 5.91 Å². The fourth-order valence-electron chi connectivity index (χ4n) is 3.21. The summed E-state index contributed by atoms with van der Waals surface area (Å²) < 4.78 is 38.7. The number of furan rings is 1. The van der Waals surface area contributed by atoms with Crippen LogP contribution in [-0.4, -0.2) is 34.0 Å². The van der Waals surface area contributed by atoms with Gasteiger partial charge >= 0.3 is 0 Å². The Bertz CT molecular complexity index is 872. The van der Waals surface area contributed by atoms with Crippen LogP contribution in [0.2, 0.25) is 0 Å². The molecule has 1 aromatic carbocycles. The maximum atomic E-state index is 12.8. The number of sulfonamides is 1. The van der Waals surface area contributed by atoms with E-state index in [9.17, 15) is 13.2 Å². The van der Waals surface area contributed by atoms with E-state index in [4.69, 9.17) is 9.15 Å². The molecule has 7 nitrogen and oxygen atoms in total. The molecule has 1 fully saturated rings. The van der Waals surface area contributed by atoms with Gasteiger partial charge in [0.2, 0.25) is 10.0 Å². The van der Waals surface area contributed by atoms with E-state index < -0.39 is 10.0 Å². The third-order valence-corrected chi connectivity index (χ3v) is 6.17. The summed E-state index contributed by atoms with van der Waals surface area (Å²) in [5.41, 5.74) is 0.266. The van der Waals surface area contributed by atoms with Crippen molar-refractivity contribution in [2.24, 2.45) is 0 Å². The first-order valence-corrected chi connectivity index (χ1v) is 10.5. The highest BCUT2D eigenvalue weighted by atomic mass is 32.2. The molecule has 0 aliphatic heterocycles. The van der Waals surface area contributed by atoms with Gasteiger partial charge in [0, 0.05) is 24.6 Å². The van der Waals surface area contributed by atoms with Gasteiger partial charge < -0.3 is 14.5 Å². The average Bonchev–Trinajstić information content (AvgIpc) is 3.35. The molecular weight excluding hydrogens is 368 g/mol. The van der Waals surface area contributed by atoms with Crippen LogP contribution in [0.25, 0.3) is 0 Å². The Labute approximate surface area is 159 Å². The van der Waals surface area contributed by atoms with Crippen LogP contribution in [0.5, 0.6) is 5.75 Å². The van der Waals surface area contributed by atoms with Crippen molar-refractivity contribution in [1.82, 2.24) is 10.0 Å². The van der Waals surface area contributed by atoms with Crippen LogP contribution in [0.4, 0.5) is 0 Å². The number of hydrogen-bond donors (Lipinski definition) is 2. The third kappa shape index (κ3) is 4.90. The summed E-state index contributed by atoms with van der Waals surface area (Å²) >= 11 is 0. The molecule has 1 heterocycles. The molecular formula is C19H24N2O5S. The molecule has 1 aliphatic rings. The van der Waals surface area contributed by atoms with E-state index in [1.807, 2.05) is 6.07 Å². The molecule has 1 aromatic heterocycles. The summed E-state index contributed by atoms with van der Waals surface area (Å²) in [6.45, 7) is 0.390. The summed E-state index contributed by atoms with van der Waals surface area (Å²) in [5, 5.41) is 2.77. The monoisotopic (exact) mass is 392 g/mol. The molecule has 8 heteroatoms. The molecule has 2 N–H and O–H groups in total. The molecule has 1 aliphatic carbocycles. The van der Waals surface area contributed by atoms with Crippen LogP contribution in [0.15, 0.2) is 45.9 Å². The average molecular weight is 392 g/mol. The Morgan fingerprint density at radius 3 is 2.70 bits per heavy atom. The smallest absolute Gasteiger partial charge is 0.251 e. The maximum absolute atomic E-state index is 12.8. The molecule has 1 amide bonds. The zero-order chi connectivity index (χ0) is 19.3. The van der Waals surface area contributed by atoms with E-state index in [0.717, 1.165) is 31.4 Å². The molecule has 3 rings (SSSR count). The largest absolute Gasteiger partial charge is 0.495 e. The first kappa shape index (κ1) is 19.4. The molecule has 1 saturated carbocycles. The van der Waals surface area contributed by atoms with Crippen molar-refractivity contribution in [3.8, 4) is 5.75 Å². The van der Waals surface area contributed by atoms with Gasteiger partial charge in [0.15, 0.2) is 0 Å². The normalized spacial score (nSPS) is 15.0. The number of nitrogens with one attached hydrogen (secondary N) is 2. The number of methoxy groups -OCH3 is 1. The van der Waals surface area contributed by atoms with E-state index in [2.05, 4.69) is 10.0 Å². The van der Waals surface area contributed by atoms with Crippen molar-refractivity contribution in [1.29, 1.82) is 0 Å². The second kappa shape index (κ2) is 8.58. The molecule has 146 valence electrons. The van der Waals surface area contributed by atoms with Crippen LogP contribution in [0, 0.1) is 0 Å². The lowest BCUT2D eigenvalue weighted by Crippen LogP contribution is -2.33. The van der Waals surface area contributed by atoms with Crippen molar-refractivity contribution in [3.05, 3.63) is 47.9 Å². The lowest BCUT2D eigenvalue weighted by molar-refractivity contribution is 0.0953. The molecule has 0 bridgehead atoms. The number of hydrogen-bond acceptors (Lipinski definition) is 5. The van der Waals surface area contributed by atoms with Gasteiger partial charge in [0.05, 0.1) is 13.4 Å². The molecule has 0 saturated heterocycles. The molecule has 2 aromatic rings. The summed E-state index contributed by atoms with van der Waals surface area (Å²) in [7, 11) is -2.36. The summed E-state index contributed by atoms with van der Waals surface area (Å²) in [5.74, 6) is 0.642. The second-order valence-electron chi connectivity index (χ2n) is 6.55. The highest BCUT2D eigenvalue weighted by molar-refractivity contribution is 7.89. The maximum Gasteiger partial charge on any atom is 0.251 e. The Morgan fingerprint density at radius 1 is 1.26 bits per heavy atom. The summed E-state index contributed by atoms with van der Waals surface area (Å²) in [6.07, 6.45) is 5.83. The minimum absolute atomic E-state index is 0.0180. The van der Waals surface area contributed by atoms with E-state index in [1.54, 1.807) is 18.4 Å². The van der Waals surface area contributed by atoms with Gasteiger partial charge in [-0.1, -0.05) is 12.8 Å². The second-order valence-corrected chi connectivity index (χ2v) is 8.24. The van der Waals surface area contributed by atoms with Crippen LogP contribution in [0.1, 0.15) is 41.8 Å². The SMILES string of the molecule is COc1ccc(C(=O)NCCc2ccco2)cc1S(=O)(=O)NC1CCCC1. The minimum atomic E-state index is -3.77. The standard InChI is InChI=1S/C19H24N2O5S/c1-25-17-9-8-14(19(22)20-11-10-16-7-4-12-26-16)13-18(17)27(23,24)21-15-5-2-3-6-15/h4,7-9,12-13,15,21H,2-3,5-6,10-11H2,1H3,(H,20,22). The van der Waals surface area contributed by atoms with Crippen molar-refractivity contribution < 1.29 is 22.4 Å². The van der Waals surface area contributed by atoms with Gasteiger partial charge in [-0.05, 0) is 43.2 Å². The lowest BCUT2D eigenvalue weighted by Gasteiger charge is -2.15. The molecule has 27 heavy (non-hydrogen) atoms. The van der Waals surface area contributed by atoms with Gasteiger partial charge in [0.1, 0.15) is 16.4 Å². The highest BCUT2D eigenvalue weighted by Gasteiger charge is 2.26. The Hall–Kier alpha value is -2.32. The Kier molecular flexibility index (Phi) is 6.18. The Morgan fingerprint density at radius 2 is 2.04 bits per heavy atom. The van der Waals surface area contributed by atoms with E-state index in [0.29, 0.717) is 13.0 Å². The number of amides is 1. The van der Waals surface area contributed by atoms with Crippen LogP contribution < -0.4 is 14.8 Å². The number of rotatable bonds is 8. The van der Waals surface area contributed by atoms with E-state index >= 15 is 0 Å². The van der Waals surface area contributed by atoms with Gasteiger partial charge in [-0.25, -0.2) is 13.1 Å². The Balaban J connectivity index is 1.72. The highest BCUT2D eigenvalue weighted by Crippen LogP contribution is 2.27. The van der Waals surface area contributed by atoms with Gasteiger partial charge in [-0.3, -0.25) is 4.79 Å². The van der Waals surface area contributed by atoms with Gasteiger partial charge in [-0.2, -0.15) is 0 Å². The van der Waals surface area contributed by atoms with Crippen LogP contribution in [0.3, 0.4) is 0 Å².